The maximum absolute atomic E-state index is 9.62. The first-order chi connectivity index (χ1) is 9.61. The van der Waals surface area contributed by atoms with Crippen LogP contribution in [0.2, 0.25) is 0 Å². The number of benzene rings is 1. The van der Waals surface area contributed by atoms with E-state index >= 15 is 0 Å². The fourth-order valence-corrected chi connectivity index (χ4v) is 2.37. The molecule has 2 aromatic heterocycles. The van der Waals surface area contributed by atoms with E-state index in [1.54, 1.807) is 29.9 Å². The van der Waals surface area contributed by atoms with Crippen molar-refractivity contribution in [2.24, 2.45) is 0 Å². The Morgan fingerprint density at radius 2 is 2.00 bits per heavy atom. The molecule has 0 aliphatic carbocycles. The Morgan fingerprint density at radius 3 is 2.70 bits per heavy atom. The van der Waals surface area contributed by atoms with E-state index in [1.165, 1.54) is 0 Å². The molecular formula is C14H15N5O. The third kappa shape index (κ3) is 1.77. The van der Waals surface area contributed by atoms with Gasteiger partial charge in [-0.25, -0.2) is 4.68 Å². The zero-order valence-electron chi connectivity index (χ0n) is 11.5. The predicted molar refractivity (Wildman–Crippen MR) is 77.3 cm³/mol. The maximum atomic E-state index is 9.62. The summed E-state index contributed by atoms with van der Waals surface area (Å²) in [6, 6.07) is 7.00. The van der Waals surface area contributed by atoms with Crippen molar-refractivity contribution < 1.29 is 5.11 Å². The summed E-state index contributed by atoms with van der Waals surface area (Å²) < 4.78 is 1.79. The molecule has 0 saturated heterocycles. The largest absolute Gasteiger partial charge is 0.508 e. The van der Waals surface area contributed by atoms with Gasteiger partial charge >= 0.3 is 0 Å². The number of phenols is 1. The lowest BCUT2D eigenvalue weighted by molar-refractivity contribution is 0.475. The molecule has 0 atom stereocenters. The number of aromatic hydroxyl groups is 1. The number of nitrogens with one attached hydrogen (secondary N) is 1. The summed E-state index contributed by atoms with van der Waals surface area (Å²) in [6.07, 6.45) is 0. The van der Waals surface area contributed by atoms with Gasteiger partial charge in [0, 0.05) is 13.1 Å². The molecule has 0 aliphatic heterocycles. The molecule has 102 valence electrons. The summed E-state index contributed by atoms with van der Waals surface area (Å²) in [5.41, 5.74) is 3.39. The molecular weight excluding hydrogens is 254 g/mol. The van der Waals surface area contributed by atoms with Crippen LogP contribution >= 0.6 is 0 Å². The van der Waals surface area contributed by atoms with Crippen molar-refractivity contribution in [3.05, 3.63) is 35.7 Å². The molecule has 2 N–H and O–H groups in total. The Balaban J connectivity index is 2.33. The van der Waals surface area contributed by atoms with E-state index in [4.69, 9.17) is 0 Å². The number of rotatable bonds is 2. The van der Waals surface area contributed by atoms with E-state index in [1.807, 2.05) is 19.9 Å². The van der Waals surface area contributed by atoms with Crippen molar-refractivity contribution >= 4 is 16.7 Å². The van der Waals surface area contributed by atoms with Crippen molar-refractivity contribution in [1.29, 1.82) is 0 Å². The maximum Gasteiger partial charge on any atom is 0.176 e. The summed E-state index contributed by atoms with van der Waals surface area (Å²) in [6.45, 7) is 3.89. The minimum absolute atomic E-state index is 0.211. The molecule has 0 saturated carbocycles. The van der Waals surface area contributed by atoms with Gasteiger partial charge < -0.3 is 10.4 Å². The monoisotopic (exact) mass is 269 g/mol. The topological polar surface area (TPSA) is 75.9 Å². The molecule has 3 aromatic rings. The molecule has 0 fully saturated rings. The first-order valence-corrected chi connectivity index (χ1v) is 6.31. The van der Waals surface area contributed by atoms with Crippen LogP contribution in [0.1, 0.15) is 11.4 Å². The van der Waals surface area contributed by atoms with E-state index in [-0.39, 0.29) is 5.75 Å². The highest BCUT2D eigenvalue weighted by Gasteiger charge is 2.16. The Bertz CT molecular complexity index is 794. The molecule has 0 radical (unpaired) electrons. The average molecular weight is 269 g/mol. The highest BCUT2D eigenvalue weighted by Crippen LogP contribution is 2.27. The molecule has 2 heterocycles. The summed E-state index contributed by atoms with van der Waals surface area (Å²) in [7, 11) is 1.79. The van der Waals surface area contributed by atoms with Crippen LogP contribution in [-0.2, 0) is 0 Å². The minimum atomic E-state index is 0.211. The summed E-state index contributed by atoms with van der Waals surface area (Å²) >= 11 is 0. The van der Waals surface area contributed by atoms with Crippen LogP contribution in [0.25, 0.3) is 16.6 Å². The van der Waals surface area contributed by atoms with E-state index in [0.29, 0.717) is 5.82 Å². The van der Waals surface area contributed by atoms with Crippen molar-refractivity contribution in [2.75, 3.05) is 12.4 Å². The molecule has 6 nitrogen and oxygen atoms in total. The number of hydrogen-bond acceptors (Lipinski definition) is 5. The Morgan fingerprint density at radius 1 is 1.20 bits per heavy atom. The number of hydrogen-bond donors (Lipinski definition) is 2. The van der Waals surface area contributed by atoms with Gasteiger partial charge in [0.25, 0.3) is 0 Å². The molecule has 0 amide bonds. The van der Waals surface area contributed by atoms with Gasteiger partial charge in [-0.3, -0.25) is 0 Å². The van der Waals surface area contributed by atoms with Gasteiger partial charge in [-0.2, -0.15) is 10.2 Å². The van der Waals surface area contributed by atoms with Crippen LogP contribution in [-0.4, -0.2) is 32.1 Å². The van der Waals surface area contributed by atoms with Crippen molar-refractivity contribution in [2.45, 2.75) is 13.8 Å². The Labute approximate surface area is 116 Å². The Kier molecular flexibility index (Phi) is 2.78. The molecule has 3 rings (SSSR count). The zero-order valence-corrected chi connectivity index (χ0v) is 11.5. The average Bonchev–Trinajstić information content (AvgIpc) is 2.78. The van der Waals surface area contributed by atoms with Gasteiger partial charge in [0.05, 0.1) is 22.5 Å². The standard InChI is InChI=1S/C14H15N5O/c1-8-12-9(2)19(10-5-4-6-11(20)7-10)18-13(12)14(15-3)17-16-8/h4-7,20H,1-3H3,(H,15,17). The first-order valence-electron chi connectivity index (χ1n) is 6.31. The SMILES string of the molecule is CNc1nnc(C)c2c(C)n(-c3cccc(O)c3)nc12. The van der Waals surface area contributed by atoms with Crippen LogP contribution < -0.4 is 5.32 Å². The molecule has 0 aliphatic rings. The van der Waals surface area contributed by atoms with Gasteiger partial charge in [-0.05, 0) is 26.0 Å². The van der Waals surface area contributed by atoms with Crippen molar-refractivity contribution in [3.8, 4) is 11.4 Å². The van der Waals surface area contributed by atoms with Crippen LogP contribution in [0.15, 0.2) is 24.3 Å². The second-order valence-electron chi connectivity index (χ2n) is 4.62. The molecule has 0 spiro atoms. The van der Waals surface area contributed by atoms with Crippen molar-refractivity contribution in [3.63, 3.8) is 0 Å². The van der Waals surface area contributed by atoms with E-state index in [0.717, 1.165) is 28.0 Å². The Hall–Kier alpha value is -2.63. The number of phenolic OH excluding ortho intramolecular Hbond substituents is 1. The number of aryl methyl sites for hydroxylation is 2. The molecule has 0 unspecified atom stereocenters. The molecule has 20 heavy (non-hydrogen) atoms. The highest BCUT2D eigenvalue weighted by atomic mass is 16.3. The lowest BCUT2D eigenvalue weighted by atomic mass is 10.2. The third-order valence-corrected chi connectivity index (χ3v) is 3.31. The van der Waals surface area contributed by atoms with Crippen LogP contribution in [0.5, 0.6) is 5.75 Å². The first kappa shape index (κ1) is 12.4. The van der Waals surface area contributed by atoms with Gasteiger partial charge in [-0.1, -0.05) is 6.07 Å². The summed E-state index contributed by atoms with van der Waals surface area (Å²) in [5.74, 6) is 0.857. The van der Waals surface area contributed by atoms with Crippen LogP contribution in [0, 0.1) is 13.8 Å². The van der Waals surface area contributed by atoms with Crippen LogP contribution in [0.3, 0.4) is 0 Å². The van der Waals surface area contributed by atoms with Crippen molar-refractivity contribution in [1.82, 2.24) is 20.0 Å². The lowest BCUT2D eigenvalue weighted by Crippen LogP contribution is -1.98. The van der Waals surface area contributed by atoms with E-state index in [2.05, 4.69) is 20.6 Å². The number of fused-ring (bicyclic) bond motifs is 1. The minimum Gasteiger partial charge on any atom is -0.508 e. The van der Waals surface area contributed by atoms with Gasteiger partial charge in [0.15, 0.2) is 5.82 Å². The van der Waals surface area contributed by atoms with Crippen LogP contribution in [0.4, 0.5) is 5.82 Å². The second-order valence-corrected chi connectivity index (χ2v) is 4.62. The number of nitrogens with zero attached hydrogens (tertiary/aromatic N) is 4. The van der Waals surface area contributed by atoms with Gasteiger partial charge in [-0.15, -0.1) is 5.10 Å². The zero-order chi connectivity index (χ0) is 14.3. The molecule has 1 aromatic carbocycles. The predicted octanol–water partition coefficient (Wildman–Crippen LogP) is 2.18. The molecule has 0 bridgehead atoms. The summed E-state index contributed by atoms with van der Waals surface area (Å²) in [5, 5.41) is 26.4. The van der Waals surface area contributed by atoms with Gasteiger partial charge in [0.1, 0.15) is 11.3 Å². The third-order valence-electron chi connectivity index (χ3n) is 3.31. The number of anilines is 1. The smallest absolute Gasteiger partial charge is 0.176 e. The highest BCUT2D eigenvalue weighted by molar-refractivity contribution is 5.91. The molecule has 6 heteroatoms. The fraction of sp³-hybridized carbons (Fsp3) is 0.214. The quantitative estimate of drug-likeness (QED) is 0.745. The lowest BCUT2D eigenvalue weighted by Gasteiger charge is -2.04. The second kappa shape index (κ2) is 4.48. The normalized spacial score (nSPS) is 10.9. The number of aromatic nitrogens is 4. The van der Waals surface area contributed by atoms with E-state index in [9.17, 15) is 5.11 Å². The van der Waals surface area contributed by atoms with Gasteiger partial charge in [0.2, 0.25) is 0 Å². The fourth-order valence-electron chi connectivity index (χ4n) is 2.37. The van der Waals surface area contributed by atoms with E-state index < -0.39 is 0 Å². The summed E-state index contributed by atoms with van der Waals surface area (Å²) in [4.78, 5) is 0.